The van der Waals surface area contributed by atoms with Crippen molar-refractivity contribution >= 4 is 33.2 Å². The summed E-state index contributed by atoms with van der Waals surface area (Å²) in [6.07, 6.45) is 0. The average Bonchev–Trinajstić information content (AvgIpc) is 2.40. The second-order valence-electron chi connectivity index (χ2n) is 4.43. The number of ether oxygens (including phenoxy) is 1. The van der Waals surface area contributed by atoms with Gasteiger partial charge in [0.25, 0.3) is 0 Å². The number of benzene rings is 2. The summed E-state index contributed by atoms with van der Waals surface area (Å²) < 4.78 is 29.4. The normalized spacial score (nSPS) is 12.3. The van der Waals surface area contributed by atoms with E-state index in [1.54, 1.807) is 12.1 Å². The summed E-state index contributed by atoms with van der Waals surface area (Å²) in [7, 11) is 0. The molecule has 0 amide bonds. The molecule has 0 saturated carbocycles. The lowest BCUT2D eigenvalue weighted by Crippen LogP contribution is -2.07. The highest BCUT2D eigenvalue weighted by molar-refractivity contribution is 9.10. The molecule has 112 valence electrons. The van der Waals surface area contributed by atoms with Gasteiger partial charge in [-0.3, -0.25) is 0 Å². The Morgan fingerprint density at radius 1 is 1.14 bits per heavy atom. The molecule has 0 aliphatic rings. The molecule has 0 aliphatic heterocycles. The third-order valence-corrected chi connectivity index (χ3v) is 3.71. The van der Waals surface area contributed by atoms with Crippen LogP contribution >= 0.6 is 27.5 Å². The van der Waals surface area contributed by atoms with Crippen molar-refractivity contribution in [2.24, 2.45) is 0 Å². The Morgan fingerprint density at radius 3 is 2.38 bits per heavy atom. The fourth-order valence-corrected chi connectivity index (χ4v) is 2.75. The van der Waals surface area contributed by atoms with Crippen molar-refractivity contribution < 1.29 is 13.5 Å². The standard InChI is InChI=1S/C15H13BrClF2NO/c1-9(13-7-2-10(16)8-14(13)17)20-11-3-5-12(6-4-11)21-15(18)19/h2-9,15,20H,1H3. The van der Waals surface area contributed by atoms with E-state index in [0.29, 0.717) is 5.02 Å². The van der Waals surface area contributed by atoms with Crippen molar-refractivity contribution in [2.45, 2.75) is 19.6 Å². The first kappa shape index (κ1) is 16.0. The number of anilines is 1. The van der Waals surface area contributed by atoms with E-state index in [1.165, 1.54) is 12.1 Å². The predicted molar refractivity (Wildman–Crippen MR) is 84.3 cm³/mol. The number of hydrogen-bond acceptors (Lipinski definition) is 2. The van der Waals surface area contributed by atoms with Crippen LogP contribution in [0.1, 0.15) is 18.5 Å². The van der Waals surface area contributed by atoms with Gasteiger partial charge < -0.3 is 10.1 Å². The summed E-state index contributed by atoms with van der Waals surface area (Å²) in [6.45, 7) is -0.845. The lowest BCUT2D eigenvalue weighted by Gasteiger charge is -2.17. The highest BCUT2D eigenvalue weighted by Gasteiger charge is 2.10. The van der Waals surface area contributed by atoms with Gasteiger partial charge in [-0.05, 0) is 48.9 Å². The van der Waals surface area contributed by atoms with Crippen molar-refractivity contribution in [3.8, 4) is 5.75 Å². The molecule has 0 heterocycles. The third kappa shape index (κ3) is 4.58. The Balaban J connectivity index is 2.06. The molecule has 0 aliphatic carbocycles. The SMILES string of the molecule is CC(Nc1ccc(OC(F)F)cc1)c1ccc(Br)cc1Cl. The Labute approximate surface area is 135 Å². The smallest absolute Gasteiger partial charge is 0.387 e. The summed E-state index contributed by atoms with van der Waals surface area (Å²) in [5, 5.41) is 3.91. The van der Waals surface area contributed by atoms with E-state index in [4.69, 9.17) is 11.6 Å². The molecule has 0 saturated heterocycles. The highest BCUT2D eigenvalue weighted by atomic mass is 79.9. The molecule has 2 aromatic rings. The van der Waals surface area contributed by atoms with Gasteiger partial charge in [0.1, 0.15) is 5.75 Å². The summed E-state index contributed by atoms with van der Waals surface area (Å²) in [4.78, 5) is 0. The molecular weight excluding hydrogens is 364 g/mol. The Kier molecular flexibility index (Phi) is 5.42. The first-order valence-electron chi connectivity index (χ1n) is 6.22. The zero-order valence-corrected chi connectivity index (χ0v) is 13.5. The maximum Gasteiger partial charge on any atom is 0.387 e. The summed E-state index contributed by atoms with van der Waals surface area (Å²) >= 11 is 9.56. The van der Waals surface area contributed by atoms with Crippen LogP contribution in [-0.4, -0.2) is 6.61 Å². The minimum Gasteiger partial charge on any atom is -0.435 e. The number of alkyl halides is 2. The van der Waals surface area contributed by atoms with E-state index in [-0.39, 0.29) is 11.8 Å². The molecule has 0 radical (unpaired) electrons. The van der Waals surface area contributed by atoms with E-state index in [9.17, 15) is 8.78 Å². The van der Waals surface area contributed by atoms with Gasteiger partial charge in [-0.15, -0.1) is 0 Å². The molecule has 2 nitrogen and oxygen atoms in total. The maximum atomic E-state index is 12.1. The Bertz CT molecular complexity index is 607. The van der Waals surface area contributed by atoms with E-state index >= 15 is 0 Å². The molecule has 1 unspecified atom stereocenters. The third-order valence-electron chi connectivity index (χ3n) is 2.89. The lowest BCUT2D eigenvalue weighted by atomic mass is 10.1. The maximum absolute atomic E-state index is 12.1. The first-order chi connectivity index (χ1) is 9.95. The molecule has 21 heavy (non-hydrogen) atoms. The molecule has 0 spiro atoms. The van der Waals surface area contributed by atoms with Gasteiger partial charge in [0, 0.05) is 21.2 Å². The predicted octanol–water partition coefficient (Wildman–Crippen LogP) is 5.88. The van der Waals surface area contributed by atoms with Crippen LogP contribution in [0.25, 0.3) is 0 Å². The molecule has 0 fully saturated rings. The lowest BCUT2D eigenvalue weighted by molar-refractivity contribution is -0.0498. The topological polar surface area (TPSA) is 21.3 Å². The van der Waals surface area contributed by atoms with Crippen molar-refractivity contribution in [3.63, 3.8) is 0 Å². The van der Waals surface area contributed by atoms with Gasteiger partial charge in [-0.2, -0.15) is 8.78 Å². The number of nitrogens with one attached hydrogen (secondary N) is 1. The fraction of sp³-hybridized carbons (Fsp3) is 0.200. The van der Waals surface area contributed by atoms with Crippen LogP contribution in [0.5, 0.6) is 5.75 Å². The van der Waals surface area contributed by atoms with E-state index in [0.717, 1.165) is 15.7 Å². The van der Waals surface area contributed by atoms with Gasteiger partial charge in [0.15, 0.2) is 0 Å². The molecule has 1 N–H and O–H groups in total. The van der Waals surface area contributed by atoms with Crippen molar-refractivity contribution in [1.29, 1.82) is 0 Å². The van der Waals surface area contributed by atoms with Crippen molar-refractivity contribution in [1.82, 2.24) is 0 Å². The van der Waals surface area contributed by atoms with Gasteiger partial charge in [-0.1, -0.05) is 33.6 Å². The van der Waals surface area contributed by atoms with Crippen LogP contribution in [0.3, 0.4) is 0 Å². The van der Waals surface area contributed by atoms with Crippen LogP contribution in [0.15, 0.2) is 46.9 Å². The summed E-state index contributed by atoms with van der Waals surface area (Å²) in [5.74, 6) is 0.130. The first-order valence-corrected chi connectivity index (χ1v) is 7.39. The van der Waals surface area contributed by atoms with E-state index < -0.39 is 6.61 Å². The molecule has 0 aromatic heterocycles. The summed E-state index contributed by atoms with van der Waals surface area (Å²) in [6, 6.07) is 12.0. The van der Waals surface area contributed by atoms with E-state index in [2.05, 4.69) is 26.0 Å². The van der Waals surface area contributed by atoms with Crippen molar-refractivity contribution in [2.75, 3.05) is 5.32 Å². The molecular formula is C15H13BrClF2NO. The van der Waals surface area contributed by atoms with Crippen LogP contribution in [0.2, 0.25) is 5.02 Å². The zero-order valence-electron chi connectivity index (χ0n) is 11.1. The van der Waals surface area contributed by atoms with Crippen LogP contribution in [0, 0.1) is 0 Å². The minimum absolute atomic E-state index is 0.0209. The fourth-order valence-electron chi connectivity index (χ4n) is 1.91. The largest absolute Gasteiger partial charge is 0.435 e. The molecule has 2 aromatic carbocycles. The molecule has 2 rings (SSSR count). The van der Waals surface area contributed by atoms with Crippen LogP contribution in [0.4, 0.5) is 14.5 Å². The van der Waals surface area contributed by atoms with Gasteiger partial charge in [0.2, 0.25) is 0 Å². The van der Waals surface area contributed by atoms with Gasteiger partial charge in [-0.25, -0.2) is 0 Å². The highest BCUT2D eigenvalue weighted by Crippen LogP contribution is 2.29. The second-order valence-corrected chi connectivity index (χ2v) is 5.76. The Morgan fingerprint density at radius 2 is 1.81 bits per heavy atom. The minimum atomic E-state index is -2.82. The van der Waals surface area contributed by atoms with Gasteiger partial charge in [0.05, 0.1) is 0 Å². The number of halogens is 4. The molecule has 1 atom stereocenters. The summed E-state index contributed by atoms with van der Waals surface area (Å²) in [5.41, 5.74) is 1.75. The molecule has 6 heteroatoms. The Hall–Kier alpha value is -1.33. The number of hydrogen-bond donors (Lipinski definition) is 1. The monoisotopic (exact) mass is 375 g/mol. The van der Waals surface area contributed by atoms with Crippen LogP contribution < -0.4 is 10.1 Å². The average molecular weight is 377 g/mol. The zero-order chi connectivity index (χ0) is 15.4. The van der Waals surface area contributed by atoms with Gasteiger partial charge >= 0.3 is 6.61 Å². The van der Waals surface area contributed by atoms with Crippen molar-refractivity contribution in [3.05, 3.63) is 57.5 Å². The van der Waals surface area contributed by atoms with Crippen LogP contribution in [-0.2, 0) is 0 Å². The molecule has 0 bridgehead atoms. The quantitative estimate of drug-likeness (QED) is 0.704. The second kappa shape index (κ2) is 7.09. The number of rotatable bonds is 5. The van der Waals surface area contributed by atoms with E-state index in [1.807, 2.05) is 25.1 Å².